The van der Waals surface area contributed by atoms with E-state index in [0.717, 1.165) is 30.2 Å². The monoisotopic (exact) mass is 386 g/mol. The minimum absolute atomic E-state index is 0.0266. The third-order valence-electron chi connectivity index (χ3n) is 5.63. The fourth-order valence-electron chi connectivity index (χ4n) is 4.05. The first-order valence-electron chi connectivity index (χ1n) is 9.80. The third kappa shape index (κ3) is 4.09. The topological polar surface area (TPSA) is 107 Å². The first-order valence-corrected chi connectivity index (χ1v) is 9.80. The van der Waals surface area contributed by atoms with Gasteiger partial charge in [-0.3, -0.25) is 19.6 Å². The van der Waals surface area contributed by atoms with Gasteiger partial charge in [0, 0.05) is 32.1 Å². The van der Waals surface area contributed by atoms with E-state index in [1.54, 1.807) is 0 Å². The van der Waals surface area contributed by atoms with Crippen LogP contribution in [0, 0.1) is 6.92 Å². The molecule has 0 aliphatic carbocycles. The van der Waals surface area contributed by atoms with Crippen molar-refractivity contribution in [3.05, 3.63) is 35.8 Å². The molecule has 2 aromatic heterocycles. The van der Waals surface area contributed by atoms with Crippen molar-refractivity contribution in [1.29, 1.82) is 0 Å². The maximum atomic E-state index is 12.9. The van der Waals surface area contributed by atoms with Crippen LogP contribution in [0.2, 0.25) is 0 Å². The largest absolute Gasteiger partial charge is 0.465 e. The van der Waals surface area contributed by atoms with E-state index < -0.39 is 6.04 Å². The molecule has 2 saturated heterocycles. The summed E-state index contributed by atoms with van der Waals surface area (Å²) in [5.74, 6) is 2.80. The number of piperazine rings is 1. The van der Waals surface area contributed by atoms with Crippen molar-refractivity contribution < 1.29 is 14.0 Å². The third-order valence-corrected chi connectivity index (χ3v) is 5.63. The zero-order chi connectivity index (χ0) is 19.5. The summed E-state index contributed by atoms with van der Waals surface area (Å²) in [5, 5.41) is 9.71. The molecule has 28 heavy (non-hydrogen) atoms. The van der Waals surface area contributed by atoms with E-state index in [-0.39, 0.29) is 18.2 Å². The zero-order valence-corrected chi connectivity index (χ0v) is 16.1. The van der Waals surface area contributed by atoms with E-state index >= 15 is 0 Å². The minimum Gasteiger partial charge on any atom is -0.465 e. The van der Waals surface area contributed by atoms with Crippen LogP contribution in [-0.2, 0) is 16.1 Å². The number of hydrogen-bond acceptors (Lipinski definition) is 6. The molecule has 2 amide bonds. The zero-order valence-electron chi connectivity index (χ0n) is 16.1. The molecule has 0 radical (unpaired) electrons. The van der Waals surface area contributed by atoms with Crippen LogP contribution in [0.5, 0.6) is 0 Å². The molecule has 2 aromatic rings. The average molecular weight is 386 g/mol. The lowest BCUT2D eigenvalue weighted by Crippen LogP contribution is -2.56. The molecule has 4 heterocycles. The maximum Gasteiger partial charge on any atom is 0.237 e. The van der Waals surface area contributed by atoms with Gasteiger partial charge in [0.05, 0.1) is 19.0 Å². The summed E-state index contributed by atoms with van der Waals surface area (Å²) in [6.45, 7) is 5.08. The fraction of sp³-hybridized carbons (Fsp3) is 0.579. The van der Waals surface area contributed by atoms with Gasteiger partial charge in [0.1, 0.15) is 23.7 Å². The molecule has 150 valence electrons. The van der Waals surface area contributed by atoms with Crippen LogP contribution in [0.3, 0.4) is 0 Å². The number of piperidine rings is 1. The number of H-pyrrole nitrogens is 1. The molecule has 0 unspecified atom stereocenters. The number of nitrogens with zero attached hydrogens (tertiary/aromatic N) is 4. The molecule has 4 rings (SSSR count). The standard InChI is InChI=1S/C19H26N6O3/c1-13-2-3-15(28-13)11-25-9-6-20-19(27)16(25)10-17(26)24-7-4-14(5-8-24)18-21-12-22-23-18/h2-3,12,14,16H,4-11H2,1H3,(H,20,27)(H,21,22,23)/t16-/m1/s1. The Kier molecular flexibility index (Phi) is 5.43. The number of furan rings is 1. The Hall–Kier alpha value is -2.68. The quantitative estimate of drug-likeness (QED) is 0.787. The second kappa shape index (κ2) is 8.14. The summed E-state index contributed by atoms with van der Waals surface area (Å²) < 4.78 is 5.66. The second-order valence-corrected chi connectivity index (χ2v) is 7.52. The summed E-state index contributed by atoms with van der Waals surface area (Å²) in [5.41, 5.74) is 0. The number of carbonyl (C=O) groups excluding carboxylic acids is 2. The SMILES string of the molecule is Cc1ccc(CN2CCNC(=O)[C@H]2CC(=O)N2CCC(c3ncn[nH]3)CC2)o1. The van der Waals surface area contributed by atoms with Crippen LogP contribution >= 0.6 is 0 Å². The van der Waals surface area contributed by atoms with Crippen molar-refractivity contribution in [1.82, 2.24) is 30.3 Å². The van der Waals surface area contributed by atoms with E-state index in [0.29, 0.717) is 38.6 Å². The average Bonchev–Trinajstić information content (AvgIpc) is 3.36. The number of likely N-dealkylation sites (tertiary alicyclic amines) is 1. The molecule has 2 N–H and O–H groups in total. The Balaban J connectivity index is 1.35. The Morgan fingerprint density at radius 1 is 1.29 bits per heavy atom. The van der Waals surface area contributed by atoms with Crippen molar-refractivity contribution in [3.63, 3.8) is 0 Å². The summed E-state index contributed by atoms with van der Waals surface area (Å²) in [4.78, 5) is 33.4. The van der Waals surface area contributed by atoms with Gasteiger partial charge in [-0.15, -0.1) is 0 Å². The number of aromatic amines is 1. The van der Waals surface area contributed by atoms with Crippen molar-refractivity contribution in [2.45, 2.75) is 44.7 Å². The Labute approximate surface area is 163 Å². The van der Waals surface area contributed by atoms with Gasteiger partial charge in [0.25, 0.3) is 0 Å². The van der Waals surface area contributed by atoms with E-state index in [4.69, 9.17) is 4.42 Å². The lowest BCUT2D eigenvalue weighted by Gasteiger charge is -2.36. The number of nitrogens with one attached hydrogen (secondary N) is 2. The number of amides is 2. The van der Waals surface area contributed by atoms with Gasteiger partial charge in [-0.2, -0.15) is 5.10 Å². The molecule has 0 spiro atoms. The van der Waals surface area contributed by atoms with E-state index in [1.165, 1.54) is 6.33 Å². The Morgan fingerprint density at radius 3 is 2.79 bits per heavy atom. The van der Waals surface area contributed by atoms with E-state index in [1.807, 2.05) is 28.9 Å². The number of rotatable bonds is 5. The van der Waals surface area contributed by atoms with Crippen molar-refractivity contribution in [2.24, 2.45) is 0 Å². The molecular weight excluding hydrogens is 360 g/mol. The summed E-state index contributed by atoms with van der Waals surface area (Å²) in [6.07, 6.45) is 3.42. The van der Waals surface area contributed by atoms with Crippen molar-refractivity contribution >= 4 is 11.8 Å². The lowest BCUT2D eigenvalue weighted by molar-refractivity contribution is -0.139. The maximum absolute atomic E-state index is 12.9. The fourth-order valence-corrected chi connectivity index (χ4v) is 4.05. The van der Waals surface area contributed by atoms with Crippen molar-refractivity contribution in [3.8, 4) is 0 Å². The van der Waals surface area contributed by atoms with Gasteiger partial charge < -0.3 is 14.6 Å². The predicted octanol–water partition coefficient (Wildman–Crippen LogP) is 0.803. The highest BCUT2D eigenvalue weighted by molar-refractivity contribution is 5.88. The van der Waals surface area contributed by atoms with E-state index in [2.05, 4.69) is 20.5 Å². The molecule has 9 nitrogen and oxygen atoms in total. The van der Waals surface area contributed by atoms with Gasteiger partial charge in [-0.25, -0.2) is 4.98 Å². The Bertz CT molecular complexity index is 810. The molecule has 2 aliphatic rings. The lowest BCUT2D eigenvalue weighted by atomic mass is 9.95. The van der Waals surface area contributed by atoms with Crippen LogP contribution in [0.25, 0.3) is 0 Å². The summed E-state index contributed by atoms with van der Waals surface area (Å²) in [6, 6.07) is 3.38. The normalized spacial score (nSPS) is 21.7. The molecule has 0 bridgehead atoms. The number of aromatic nitrogens is 3. The van der Waals surface area contributed by atoms with Gasteiger partial charge >= 0.3 is 0 Å². The highest BCUT2D eigenvalue weighted by Gasteiger charge is 2.34. The highest BCUT2D eigenvalue weighted by Crippen LogP contribution is 2.26. The molecule has 2 aliphatic heterocycles. The van der Waals surface area contributed by atoms with E-state index in [9.17, 15) is 9.59 Å². The summed E-state index contributed by atoms with van der Waals surface area (Å²) in [7, 11) is 0. The number of hydrogen-bond donors (Lipinski definition) is 2. The molecule has 0 aromatic carbocycles. The second-order valence-electron chi connectivity index (χ2n) is 7.52. The van der Waals surface area contributed by atoms with Crippen LogP contribution in [0.4, 0.5) is 0 Å². The predicted molar refractivity (Wildman–Crippen MR) is 100 cm³/mol. The van der Waals surface area contributed by atoms with Gasteiger partial charge in [-0.05, 0) is 31.9 Å². The molecule has 2 fully saturated rings. The van der Waals surface area contributed by atoms with Crippen LogP contribution < -0.4 is 5.32 Å². The minimum atomic E-state index is -0.460. The molecule has 1 atom stereocenters. The number of aryl methyl sites for hydroxylation is 1. The summed E-state index contributed by atoms with van der Waals surface area (Å²) >= 11 is 0. The Morgan fingerprint density at radius 2 is 2.11 bits per heavy atom. The first-order chi connectivity index (χ1) is 13.6. The first kappa shape index (κ1) is 18.7. The smallest absolute Gasteiger partial charge is 0.237 e. The highest BCUT2D eigenvalue weighted by atomic mass is 16.3. The molecule has 9 heteroatoms. The van der Waals surface area contributed by atoms with Crippen LogP contribution in [-0.4, -0.2) is 69.0 Å². The van der Waals surface area contributed by atoms with Crippen LogP contribution in [0.1, 0.15) is 42.5 Å². The van der Waals surface area contributed by atoms with Gasteiger partial charge in [0.15, 0.2) is 0 Å². The molecule has 0 saturated carbocycles. The van der Waals surface area contributed by atoms with Crippen molar-refractivity contribution in [2.75, 3.05) is 26.2 Å². The van der Waals surface area contributed by atoms with Crippen LogP contribution in [0.15, 0.2) is 22.9 Å². The number of carbonyl (C=O) groups is 2. The van der Waals surface area contributed by atoms with Gasteiger partial charge in [-0.1, -0.05) is 0 Å². The molecular formula is C19H26N6O3. The van der Waals surface area contributed by atoms with Gasteiger partial charge in [0.2, 0.25) is 11.8 Å².